The molecule has 0 aromatic heterocycles. The van der Waals surface area contributed by atoms with Crippen LogP contribution in [0.2, 0.25) is 0 Å². The van der Waals surface area contributed by atoms with Crippen LogP contribution in [0.5, 0.6) is 11.5 Å². The molecule has 0 atom stereocenters. The van der Waals surface area contributed by atoms with Crippen LogP contribution in [0, 0.1) is 0 Å². The number of carbonyl (C=O) groups is 2. The number of ether oxygens (including phenoxy) is 2. The van der Waals surface area contributed by atoms with Crippen LogP contribution in [0.15, 0.2) is 78.9 Å². The van der Waals surface area contributed by atoms with Crippen LogP contribution in [0.4, 0.5) is 0 Å². The monoisotopic (exact) mass is 554 g/mol. The second-order valence-corrected chi connectivity index (χ2v) is 10.5. The summed E-state index contributed by atoms with van der Waals surface area (Å²) in [5, 5.41) is 9.43. The second-order valence-electron chi connectivity index (χ2n) is 10.5. The van der Waals surface area contributed by atoms with Gasteiger partial charge in [-0.1, -0.05) is 82.3 Å². The van der Waals surface area contributed by atoms with Crippen molar-refractivity contribution < 1.29 is 24.2 Å². The fourth-order valence-corrected chi connectivity index (χ4v) is 4.61. The smallest absolute Gasteiger partial charge is 0.338 e. The van der Waals surface area contributed by atoms with Crippen LogP contribution in [0.3, 0.4) is 0 Å². The number of hydrogen-bond donors (Lipinski definition) is 1. The highest BCUT2D eigenvalue weighted by Gasteiger charge is 2.20. The number of rotatable bonds is 14. The molecule has 0 aliphatic heterocycles. The molecule has 0 radical (unpaired) electrons. The van der Waals surface area contributed by atoms with Gasteiger partial charge >= 0.3 is 11.9 Å². The summed E-state index contributed by atoms with van der Waals surface area (Å²) in [6, 6.07) is 18.4. The van der Waals surface area contributed by atoms with Crippen LogP contribution < -0.4 is 9.47 Å². The number of unbranched alkanes of at least 4 members (excludes halogenated alkanes) is 2. The summed E-state index contributed by atoms with van der Waals surface area (Å²) < 4.78 is 11.5. The van der Waals surface area contributed by atoms with Crippen LogP contribution in [0.1, 0.15) is 70.1 Å². The van der Waals surface area contributed by atoms with Gasteiger partial charge in [0, 0.05) is 23.3 Å². The Morgan fingerprint density at radius 3 is 1.93 bits per heavy atom. The third kappa shape index (κ3) is 8.51. The minimum atomic E-state index is -0.546. The molecule has 0 heterocycles. The van der Waals surface area contributed by atoms with E-state index in [0.29, 0.717) is 35.5 Å². The largest absolute Gasteiger partial charge is 0.423 e. The van der Waals surface area contributed by atoms with Crippen molar-refractivity contribution in [3.8, 4) is 33.8 Å². The average molecular weight is 555 g/mol. The number of benzene rings is 3. The molecular weight excluding hydrogens is 512 g/mol. The molecule has 41 heavy (non-hydrogen) atoms. The molecule has 0 spiro atoms. The van der Waals surface area contributed by atoms with E-state index in [1.54, 1.807) is 26.0 Å². The molecule has 216 valence electrons. The van der Waals surface area contributed by atoms with Crippen LogP contribution in [0.25, 0.3) is 22.3 Å². The Morgan fingerprint density at radius 2 is 1.34 bits per heavy atom. The molecule has 0 aliphatic rings. The lowest BCUT2D eigenvalue weighted by Crippen LogP contribution is -2.12. The molecule has 5 nitrogen and oxygen atoms in total. The van der Waals surface area contributed by atoms with E-state index in [0.717, 1.165) is 35.1 Å². The van der Waals surface area contributed by atoms with Gasteiger partial charge in [0.25, 0.3) is 0 Å². The van der Waals surface area contributed by atoms with E-state index in [9.17, 15) is 14.7 Å². The van der Waals surface area contributed by atoms with Crippen LogP contribution in [-0.4, -0.2) is 23.7 Å². The van der Waals surface area contributed by atoms with Gasteiger partial charge in [0.1, 0.15) is 11.5 Å². The highest BCUT2D eigenvalue weighted by atomic mass is 16.5. The first-order valence-corrected chi connectivity index (χ1v) is 14.4. The number of carbonyl (C=O) groups excluding carboxylic acids is 2. The zero-order valence-electron chi connectivity index (χ0n) is 24.8. The summed E-state index contributed by atoms with van der Waals surface area (Å²) in [6.07, 6.45) is 6.43. The van der Waals surface area contributed by atoms with Gasteiger partial charge in [0.05, 0.1) is 0 Å². The van der Waals surface area contributed by atoms with E-state index in [-0.39, 0.29) is 17.8 Å². The highest BCUT2D eigenvalue weighted by molar-refractivity contribution is 5.92. The molecular formula is C36H42O5. The van der Waals surface area contributed by atoms with E-state index in [4.69, 9.17) is 9.47 Å². The van der Waals surface area contributed by atoms with Gasteiger partial charge in [-0.2, -0.15) is 0 Å². The van der Waals surface area contributed by atoms with Crippen molar-refractivity contribution in [2.24, 2.45) is 0 Å². The van der Waals surface area contributed by atoms with Crippen molar-refractivity contribution in [1.82, 2.24) is 0 Å². The quantitative estimate of drug-likeness (QED) is 0.0941. The number of aliphatic hydroxyl groups is 1. The van der Waals surface area contributed by atoms with Crippen molar-refractivity contribution in [2.45, 2.75) is 72.6 Å². The molecule has 0 saturated carbocycles. The molecule has 0 unspecified atom stereocenters. The zero-order valence-corrected chi connectivity index (χ0v) is 24.8. The van der Waals surface area contributed by atoms with Crippen molar-refractivity contribution in [3.05, 3.63) is 95.6 Å². The molecule has 0 bridgehead atoms. The van der Waals surface area contributed by atoms with Gasteiger partial charge < -0.3 is 14.6 Å². The Balaban J connectivity index is 2.10. The molecule has 0 amide bonds. The van der Waals surface area contributed by atoms with Crippen LogP contribution >= 0.6 is 0 Å². The van der Waals surface area contributed by atoms with E-state index in [1.807, 2.05) is 6.07 Å². The van der Waals surface area contributed by atoms with Gasteiger partial charge in [0.2, 0.25) is 0 Å². The Morgan fingerprint density at radius 1 is 0.707 bits per heavy atom. The predicted octanol–water partition coefficient (Wildman–Crippen LogP) is 8.20. The summed E-state index contributed by atoms with van der Waals surface area (Å²) in [5.74, 6) is -0.405. The number of aryl methyl sites for hydroxylation is 3. The van der Waals surface area contributed by atoms with E-state index >= 15 is 0 Å². The first-order valence-electron chi connectivity index (χ1n) is 14.4. The lowest BCUT2D eigenvalue weighted by Gasteiger charge is -2.18. The molecule has 3 aromatic carbocycles. The lowest BCUT2D eigenvalue weighted by atomic mass is 9.92. The number of hydrogen-bond acceptors (Lipinski definition) is 5. The maximum atomic E-state index is 12.6. The fraction of sp³-hybridized carbons (Fsp3) is 0.333. The summed E-state index contributed by atoms with van der Waals surface area (Å²) in [7, 11) is 0. The number of aliphatic hydroxyl groups excluding tert-OH is 1. The third-order valence-corrected chi connectivity index (χ3v) is 7.00. The molecule has 0 saturated heterocycles. The van der Waals surface area contributed by atoms with Crippen molar-refractivity contribution >= 4 is 11.9 Å². The Bertz CT molecular complexity index is 1400. The molecule has 5 heteroatoms. The minimum Gasteiger partial charge on any atom is -0.423 e. The zero-order chi connectivity index (χ0) is 29.9. The maximum absolute atomic E-state index is 12.6. The first kappa shape index (κ1) is 31.6. The third-order valence-electron chi connectivity index (χ3n) is 7.00. The summed E-state index contributed by atoms with van der Waals surface area (Å²) in [5.41, 5.74) is 7.41. The van der Waals surface area contributed by atoms with E-state index in [1.165, 1.54) is 24.8 Å². The summed E-state index contributed by atoms with van der Waals surface area (Å²) in [4.78, 5) is 25.1. The highest BCUT2D eigenvalue weighted by Crippen LogP contribution is 2.39. The van der Waals surface area contributed by atoms with Gasteiger partial charge in [-0.25, -0.2) is 9.59 Å². The van der Waals surface area contributed by atoms with Gasteiger partial charge in [0.15, 0.2) is 0 Å². The lowest BCUT2D eigenvalue weighted by molar-refractivity contribution is -0.131. The van der Waals surface area contributed by atoms with Gasteiger partial charge in [-0.05, 0) is 91.5 Å². The Hall–Kier alpha value is -3.96. The topological polar surface area (TPSA) is 72.8 Å². The van der Waals surface area contributed by atoms with Crippen molar-refractivity contribution in [2.75, 3.05) is 6.61 Å². The minimum absolute atomic E-state index is 0.0302. The maximum Gasteiger partial charge on any atom is 0.338 e. The number of esters is 2. The average Bonchev–Trinajstić information content (AvgIpc) is 2.96. The summed E-state index contributed by atoms with van der Waals surface area (Å²) >= 11 is 0. The molecule has 0 aliphatic carbocycles. The summed E-state index contributed by atoms with van der Waals surface area (Å²) in [6.45, 7) is 14.9. The van der Waals surface area contributed by atoms with Gasteiger partial charge in [-0.15, -0.1) is 0 Å². The predicted molar refractivity (Wildman–Crippen MR) is 166 cm³/mol. The molecule has 3 aromatic rings. The SMILES string of the molecule is C=C(C)C(=O)Oc1cc(-c2ccc(-c3ccc(CCCCC)cc3)c(CC)c2)c(OC(=O)C(=C)C)cc1CCCO. The fourth-order valence-electron chi connectivity index (χ4n) is 4.61. The second kappa shape index (κ2) is 15.2. The molecule has 0 fully saturated rings. The molecule has 3 rings (SSSR count). The van der Waals surface area contributed by atoms with Gasteiger partial charge in [-0.3, -0.25) is 0 Å². The van der Waals surface area contributed by atoms with E-state index in [2.05, 4.69) is 63.4 Å². The Labute approximate surface area is 244 Å². The first-order chi connectivity index (χ1) is 19.7. The Kier molecular flexibility index (Phi) is 11.7. The standard InChI is InChI=1S/C36H42O5/c1-7-9-10-12-26-14-16-28(17-15-26)31-19-18-29(21-27(31)8-2)32-23-33(40-35(38)24(3)4)30(13-11-20-37)22-34(32)41-36(39)25(5)6/h14-19,21-23,37H,3,5,7-13,20H2,1-2,4,6H3. The van der Waals surface area contributed by atoms with Crippen molar-refractivity contribution in [1.29, 1.82) is 0 Å². The molecule has 1 N–H and O–H groups in total. The normalized spacial score (nSPS) is 10.8. The van der Waals surface area contributed by atoms with Crippen molar-refractivity contribution in [3.63, 3.8) is 0 Å². The van der Waals surface area contributed by atoms with Crippen LogP contribution in [-0.2, 0) is 28.9 Å². The van der Waals surface area contributed by atoms with E-state index < -0.39 is 11.9 Å².